The third kappa shape index (κ3) is 6.10. The van der Waals surface area contributed by atoms with Crippen molar-refractivity contribution >= 4 is 27.6 Å². The average Bonchev–Trinajstić information content (AvgIpc) is 2.51. The van der Waals surface area contributed by atoms with E-state index in [4.69, 9.17) is 9.47 Å². The second-order valence-corrected chi connectivity index (χ2v) is 7.88. The van der Waals surface area contributed by atoms with Crippen molar-refractivity contribution in [2.45, 2.75) is 26.3 Å². The van der Waals surface area contributed by atoms with Crippen LogP contribution in [0.25, 0.3) is 0 Å². The number of carbonyl (C=O) groups is 2. The topological polar surface area (TPSA) is 131 Å². The molecule has 0 aliphatic rings. The fourth-order valence-electron chi connectivity index (χ4n) is 2.31. The third-order valence-corrected chi connectivity index (χ3v) is 3.94. The summed E-state index contributed by atoms with van der Waals surface area (Å²) in [6.45, 7) is 3.68. The van der Waals surface area contributed by atoms with Gasteiger partial charge in [0.25, 0.3) is 5.91 Å². The number of carboxylic acids is 1. The maximum Gasteiger partial charge on any atom is 0.326 e. The Kier molecular flexibility index (Phi) is 7.25. The number of rotatable bonds is 9. The lowest BCUT2D eigenvalue weighted by molar-refractivity contribution is -0.139. The van der Waals surface area contributed by atoms with Gasteiger partial charge in [0.2, 0.25) is 10.0 Å². The Morgan fingerprint density at radius 1 is 1.19 bits per heavy atom. The van der Waals surface area contributed by atoms with Gasteiger partial charge in [0.05, 0.1) is 26.2 Å². The van der Waals surface area contributed by atoms with Crippen LogP contribution in [-0.2, 0) is 14.8 Å². The Balaban J connectivity index is 3.28. The molecule has 9 nitrogen and oxygen atoms in total. The normalized spacial score (nSPS) is 12.4. The van der Waals surface area contributed by atoms with Crippen molar-refractivity contribution in [1.29, 1.82) is 0 Å². The molecule has 0 aromatic heterocycles. The summed E-state index contributed by atoms with van der Waals surface area (Å²) in [5.41, 5.74) is 0.0408. The van der Waals surface area contributed by atoms with Gasteiger partial charge in [-0.1, -0.05) is 13.8 Å². The van der Waals surface area contributed by atoms with Crippen LogP contribution in [0.5, 0.6) is 11.5 Å². The smallest absolute Gasteiger partial charge is 0.326 e. The molecule has 1 aromatic rings. The van der Waals surface area contributed by atoms with Gasteiger partial charge in [-0.05, 0) is 24.5 Å². The minimum Gasteiger partial charge on any atom is -0.493 e. The molecule has 0 radical (unpaired) electrons. The number of carbonyl (C=O) groups excluding carboxylic acids is 1. The Morgan fingerprint density at radius 2 is 1.81 bits per heavy atom. The molecule has 1 rings (SSSR count). The maximum absolute atomic E-state index is 12.5. The first kappa shape index (κ1) is 21.6. The number of hydrogen-bond donors (Lipinski definition) is 3. The third-order valence-electron chi connectivity index (χ3n) is 3.35. The zero-order chi connectivity index (χ0) is 20.1. The van der Waals surface area contributed by atoms with E-state index in [0.29, 0.717) is 0 Å². The Labute approximate surface area is 152 Å². The van der Waals surface area contributed by atoms with E-state index >= 15 is 0 Å². The second kappa shape index (κ2) is 8.75. The van der Waals surface area contributed by atoms with Crippen molar-refractivity contribution in [1.82, 2.24) is 5.32 Å². The molecule has 0 saturated carbocycles. The van der Waals surface area contributed by atoms with Crippen LogP contribution in [0, 0.1) is 5.92 Å². The Bertz CT molecular complexity index is 775. The van der Waals surface area contributed by atoms with Gasteiger partial charge in [0.15, 0.2) is 11.5 Å². The number of hydrogen-bond acceptors (Lipinski definition) is 6. The lowest BCUT2D eigenvalue weighted by atomic mass is 10.0. The van der Waals surface area contributed by atoms with Crippen LogP contribution in [0.1, 0.15) is 30.6 Å². The van der Waals surface area contributed by atoms with Gasteiger partial charge in [-0.3, -0.25) is 9.52 Å². The number of ether oxygens (including phenoxy) is 2. The molecule has 1 unspecified atom stereocenters. The lowest BCUT2D eigenvalue weighted by Gasteiger charge is -2.18. The van der Waals surface area contributed by atoms with Crippen molar-refractivity contribution in [3.05, 3.63) is 17.7 Å². The van der Waals surface area contributed by atoms with Gasteiger partial charge in [-0.2, -0.15) is 0 Å². The second-order valence-electron chi connectivity index (χ2n) is 6.13. The summed E-state index contributed by atoms with van der Waals surface area (Å²) in [5, 5.41) is 11.7. The van der Waals surface area contributed by atoms with Crippen LogP contribution in [0.15, 0.2) is 12.1 Å². The molecule has 0 bridgehead atoms. The van der Waals surface area contributed by atoms with E-state index in [9.17, 15) is 23.1 Å². The van der Waals surface area contributed by atoms with E-state index in [1.54, 1.807) is 0 Å². The summed E-state index contributed by atoms with van der Waals surface area (Å²) in [5.74, 6) is -1.53. The average molecular weight is 388 g/mol. The van der Waals surface area contributed by atoms with Gasteiger partial charge in [-0.25, -0.2) is 13.2 Å². The van der Waals surface area contributed by atoms with Crippen LogP contribution in [0.4, 0.5) is 5.69 Å². The van der Waals surface area contributed by atoms with E-state index in [-0.39, 0.29) is 35.1 Å². The highest BCUT2D eigenvalue weighted by Crippen LogP contribution is 2.37. The predicted octanol–water partition coefficient (Wildman–Crippen LogP) is 1.30. The quantitative estimate of drug-likeness (QED) is 0.581. The molecular weight excluding hydrogens is 364 g/mol. The number of benzene rings is 1. The number of methoxy groups -OCH3 is 2. The van der Waals surface area contributed by atoms with Crippen molar-refractivity contribution in [3.8, 4) is 11.5 Å². The fourth-order valence-corrected chi connectivity index (χ4v) is 2.86. The standard InChI is InChI=1S/C16H24N2O7S/c1-9(2)6-12(16(20)21)17-15(19)10-7-11(18-26(5,22)23)14(25-4)13(8-10)24-3/h7-9,12,18H,6H2,1-5H3,(H,17,19)(H,20,21). The van der Waals surface area contributed by atoms with Crippen LogP contribution in [-0.4, -0.2) is 51.9 Å². The van der Waals surface area contributed by atoms with Crippen LogP contribution >= 0.6 is 0 Å². The number of nitrogens with one attached hydrogen (secondary N) is 2. The molecule has 26 heavy (non-hydrogen) atoms. The summed E-state index contributed by atoms with van der Waals surface area (Å²) in [4.78, 5) is 23.8. The van der Waals surface area contributed by atoms with Gasteiger partial charge in [-0.15, -0.1) is 0 Å². The molecule has 1 aromatic carbocycles. The number of anilines is 1. The molecule has 1 amide bonds. The summed E-state index contributed by atoms with van der Waals surface area (Å²) in [6, 6.07) is 1.53. The number of sulfonamides is 1. The van der Waals surface area contributed by atoms with E-state index in [1.807, 2.05) is 13.8 Å². The monoisotopic (exact) mass is 388 g/mol. The highest BCUT2D eigenvalue weighted by Gasteiger charge is 2.24. The first-order valence-corrected chi connectivity index (χ1v) is 9.65. The Hall–Kier alpha value is -2.49. The predicted molar refractivity (Wildman–Crippen MR) is 96.4 cm³/mol. The molecule has 0 aliphatic heterocycles. The molecular formula is C16H24N2O7S. The van der Waals surface area contributed by atoms with Crippen molar-refractivity contribution in [2.75, 3.05) is 25.2 Å². The summed E-state index contributed by atoms with van der Waals surface area (Å²) in [6.07, 6.45) is 1.21. The minimum atomic E-state index is -3.64. The molecule has 146 valence electrons. The van der Waals surface area contributed by atoms with Crippen LogP contribution in [0.3, 0.4) is 0 Å². The summed E-state index contributed by atoms with van der Waals surface area (Å²) >= 11 is 0. The van der Waals surface area contributed by atoms with Crippen molar-refractivity contribution < 1.29 is 32.6 Å². The van der Waals surface area contributed by atoms with Gasteiger partial charge < -0.3 is 19.9 Å². The maximum atomic E-state index is 12.5. The molecule has 0 spiro atoms. The molecule has 0 heterocycles. The van der Waals surface area contributed by atoms with E-state index in [0.717, 1.165) is 6.26 Å². The van der Waals surface area contributed by atoms with E-state index in [2.05, 4.69) is 10.0 Å². The zero-order valence-corrected chi connectivity index (χ0v) is 16.1. The molecule has 0 fully saturated rings. The molecule has 0 aliphatic carbocycles. The van der Waals surface area contributed by atoms with Crippen LogP contribution in [0.2, 0.25) is 0 Å². The number of aliphatic carboxylic acids is 1. The zero-order valence-electron chi connectivity index (χ0n) is 15.3. The highest BCUT2D eigenvalue weighted by atomic mass is 32.2. The molecule has 3 N–H and O–H groups in total. The highest BCUT2D eigenvalue weighted by molar-refractivity contribution is 7.92. The molecule has 10 heteroatoms. The molecule has 1 atom stereocenters. The van der Waals surface area contributed by atoms with E-state index in [1.165, 1.54) is 26.4 Å². The molecule has 0 saturated heterocycles. The van der Waals surface area contributed by atoms with Gasteiger partial charge >= 0.3 is 5.97 Å². The minimum absolute atomic E-state index is 0.00948. The first-order valence-electron chi connectivity index (χ1n) is 7.76. The van der Waals surface area contributed by atoms with Crippen LogP contribution < -0.4 is 19.5 Å². The number of carboxylic acid groups (broad SMARTS) is 1. The van der Waals surface area contributed by atoms with Crippen molar-refractivity contribution in [2.24, 2.45) is 5.92 Å². The first-order chi connectivity index (χ1) is 12.0. The van der Waals surface area contributed by atoms with E-state index < -0.39 is 27.9 Å². The Morgan fingerprint density at radius 3 is 2.23 bits per heavy atom. The SMILES string of the molecule is COc1cc(C(=O)NC(CC(C)C)C(=O)O)cc(NS(C)(=O)=O)c1OC. The number of amides is 1. The fraction of sp³-hybridized carbons (Fsp3) is 0.500. The lowest BCUT2D eigenvalue weighted by Crippen LogP contribution is -2.41. The summed E-state index contributed by atoms with van der Waals surface area (Å²) < 4.78 is 35.6. The van der Waals surface area contributed by atoms with Gasteiger partial charge in [0.1, 0.15) is 6.04 Å². The summed E-state index contributed by atoms with van der Waals surface area (Å²) in [7, 11) is -0.978. The van der Waals surface area contributed by atoms with Gasteiger partial charge in [0, 0.05) is 5.56 Å². The largest absolute Gasteiger partial charge is 0.493 e. The van der Waals surface area contributed by atoms with Crippen molar-refractivity contribution in [3.63, 3.8) is 0 Å².